The van der Waals surface area contributed by atoms with E-state index in [1.807, 2.05) is 24.3 Å². The summed E-state index contributed by atoms with van der Waals surface area (Å²) in [6, 6.07) is 7.70. The van der Waals surface area contributed by atoms with E-state index in [4.69, 9.17) is 5.73 Å². The molecule has 1 heterocycles. The lowest BCUT2D eigenvalue weighted by Crippen LogP contribution is -2.09. The molecule has 94 valence electrons. The molecule has 1 aromatic carbocycles. The van der Waals surface area contributed by atoms with Gasteiger partial charge in [-0.05, 0) is 31.2 Å². The highest BCUT2D eigenvalue weighted by atomic mass is 32.2. The van der Waals surface area contributed by atoms with Crippen LogP contribution in [0.4, 0.5) is 10.8 Å². The molecule has 3 N–H and O–H groups in total. The van der Waals surface area contributed by atoms with Gasteiger partial charge in [-0.1, -0.05) is 23.1 Å². The second-order valence-electron chi connectivity index (χ2n) is 3.71. The molecule has 0 bridgehead atoms. The van der Waals surface area contributed by atoms with Crippen molar-refractivity contribution >= 4 is 39.7 Å². The third-order valence-electron chi connectivity index (χ3n) is 2.07. The molecule has 0 spiro atoms. The maximum absolute atomic E-state index is 10.8. The Hall–Kier alpha value is -1.53. The molecular formula is C12H13N3OS2. The molecule has 6 heteroatoms. The van der Waals surface area contributed by atoms with Crippen molar-refractivity contribution in [2.75, 3.05) is 17.6 Å². The van der Waals surface area contributed by atoms with Crippen LogP contribution in [0.3, 0.4) is 0 Å². The number of aromatic nitrogens is 1. The van der Waals surface area contributed by atoms with Crippen LogP contribution in [-0.2, 0) is 4.79 Å². The Morgan fingerprint density at radius 3 is 2.83 bits per heavy atom. The van der Waals surface area contributed by atoms with E-state index < -0.39 is 0 Å². The number of hydrogen-bond acceptors (Lipinski definition) is 6. The molecule has 18 heavy (non-hydrogen) atoms. The smallest absolute Gasteiger partial charge is 0.184 e. The molecule has 1 aromatic heterocycles. The Labute approximate surface area is 114 Å². The van der Waals surface area contributed by atoms with Gasteiger partial charge in [0.05, 0.1) is 17.0 Å². The number of nitrogens with zero attached hydrogens (tertiary/aromatic N) is 1. The van der Waals surface area contributed by atoms with Crippen LogP contribution in [0.5, 0.6) is 0 Å². The van der Waals surface area contributed by atoms with Gasteiger partial charge in [-0.2, -0.15) is 0 Å². The largest absolute Gasteiger partial charge is 0.399 e. The number of hydrogen-bond donors (Lipinski definition) is 2. The van der Waals surface area contributed by atoms with Gasteiger partial charge >= 0.3 is 0 Å². The third-order valence-corrected chi connectivity index (χ3v) is 4.14. The molecule has 0 amide bonds. The third kappa shape index (κ3) is 3.75. The molecule has 2 aromatic rings. The van der Waals surface area contributed by atoms with Gasteiger partial charge in [-0.25, -0.2) is 4.98 Å². The second-order valence-corrected chi connectivity index (χ2v) is 6.12. The van der Waals surface area contributed by atoms with Crippen molar-refractivity contribution in [1.29, 1.82) is 0 Å². The molecule has 0 aliphatic heterocycles. The van der Waals surface area contributed by atoms with E-state index in [1.54, 1.807) is 24.9 Å². The Bertz CT molecular complexity index is 537. The summed E-state index contributed by atoms with van der Waals surface area (Å²) >= 11 is 3.16. The summed E-state index contributed by atoms with van der Waals surface area (Å²) in [5, 5.41) is 3.75. The zero-order chi connectivity index (χ0) is 13.0. The summed E-state index contributed by atoms with van der Waals surface area (Å²) in [5.41, 5.74) is 6.39. The Kier molecular flexibility index (Phi) is 4.22. The maximum Gasteiger partial charge on any atom is 0.184 e. The fourth-order valence-electron chi connectivity index (χ4n) is 1.24. The van der Waals surface area contributed by atoms with Gasteiger partial charge in [0.15, 0.2) is 5.13 Å². The summed E-state index contributed by atoms with van der Waals surface area (Å²) in [6.07, 6.45) is 1.80. The predicted molar refractivity (Wildman–Crippen MR) is 76.3 cm³/mol. The Balaban J connectivity index is 1.97. The van der Waals surface area contributed by atoms with Gasteiger partial charge in [0.25, 0.3) is 0 Å². The standard InChI is InChI=1S/C12H13N3OS2/c1-8(16)6-14-12-15-7-11(18-12)17-10-4-2-9(13)3-5-10/h2-5,7H,6,13H2,1H3,(H,14,15). The van der Waals surface area contributed by atoms with Gasteiger partial charge < -0.3 is 11.1 Å². The predicted octanol–water partition coefficient (Wildman–Crippen LogP) is 2.88. The molecule has 0 saturated carbocycles. The van der Waals surface area contributed by atoms with Crippen LogP contribution in [0.25, 0.3) is 0 Å². The van der Waals surface area contributed by atoms with Crippen molar-refractivity contribution in [3.63, 3.8) is 0 Å². The van der Waals surface area contributed by atoms with E-state index in [1.165, 1.54) is 11.3 Å². The molecule has 0 aliphatic rings. The number of anilines is 2. The zero-order valence-electron chi connectivity index (χ0n) is 9.84. The monoisotopic (exact) mass is 279 g/mol. The van der Waals surface area contributed by atoms with E-state index in [0.717, 1.165) is 19.9 Å². The quantitative estimate of drug-likeness (QED) is 0.824. The summed E-state index contributed by atoms with van der Waals surface area (Å²) in [6.45, 7) is 1.87. The fourth-order valence-corrected chi connectivity index (χ4v) is 3.09. The van der Waals surface area contributed by atoms with E-state index in [0.29, 0.717) is 6.54 Å². The summed E-state index contributed by atoms with van der Waals surface area (Å²) < 4.78 is 1.07. The topological polar surface area (TPSA) is 68.0 Å². The Morgan fingerprint density at radius 1 is 1.44 bits per heavy atom. The molecule has 0 saturated heterocycles. The molecule has 0 unspecified atom stereocenters. The van der Waals surface area contributed by atoms with Crippen LogP contribution < -0.4 is 11.1 Å². The first-order valence-electron chi connectivity index (χ1n) is 5.36. The molecule has 0 atom stereocenters. The zero-order valence-corrected chi connectivity index (χ0v) is 11.5. The van der Waals surface area contributed by atoms with Gasteiger partial charge in [0.2, 0.25) is 0 Å². The van der Waals surface area contributed by atoms with E-state index >= 15 is 0 Å². The number of carbonyl (C=O) groups is 1. The lowest BCUT2D eigenvalue weighted by Gasteiger charge is -1.98. The number of benzene rings is 1. The van der Waals surface area contributed by atoms with E-state index in [-0.39, 0.29) is 5.78 Å². The van der Waals surface area contributed by atoms with Crippen LogP contribution in [0, 0.1) is 0 Å². The van der Waals surface area contributed by atoms with Crippen molar-refractivity contribution in [2.24, 2.45) is 0 Å². The van der Waals surface area contributed by atoms with Gasteiger partial charge in [0.1, 0.15) is 5.78 Å². The minimum absolute atomic E-state index is 0.0953. The first-order valence-corrected chi connectivity index (χ1v) is 6.99. The molecule has 2 rings (SSSR count). The number of rotatable bonds is 5. The normalized spacial score (nSPS) is 10.3. The number of carbonyl (C=O) groups excluding carboxylic acids is 1. The Morgan fingerprint density at radius 2 is 2.17 bits per heavy atom. The lowest BCUT2D eigenvalue weighted by molar-refractivity contribution is -0.115. The number of nitrogen functional groups attached to an aromatic ring is 1. The number of nitrogens with one attached hydrogen (secondary N) is 1. The minimum Gasteiger partial charge on any atom is -0.399 e. The average molecular weight is 279 g/mol. The average Bonchev–Trinajstić information content (AvgIpc) is 2.77. The molecule has 4 nitrogen and oxygen atoms in total. The highest BCUT2D eigenvalue weighted by Crippen LogP contribution is 2.34. The van der Waals surface area contributed by atoms with Crippen LogP contribution in [0.1, 0.15) is 6.92 Å². The minimum atomic E-state index is 0.0953. The number of Topliss-reactive ketones (excluding diaryl/α,β-unsaturated/α-hetero) is 1. The van der Waals surface area contributed by atoms with Gasteiger partial charge in [-0.3, -0.25) is 4.79 Å². The number of nitrogens with two attached hydrogens (primary N) is 1. The van der Waals surface area contributed by atoms with Crippen LogP contribution >= 0.6 is 23.1 Å². The van der Waals surface area contributed by atoms with Crippen molar-refractivity contribution in [3.8, 4) is 0 Å². The molecule has 0 radical (unpaired) electrons. The van der Waals surface area contributed by atoms with E-state index in [9.17, 15) is 4.79 Å². The van der Waals surface area contributed by atoms with Crippen LogP contribution in [-0.4, -0.2) is 17.3 Å². The molecule has 0 fully saturated rings. The van der Waals surface area contributed by atoms with Crippen molar-refractivity contribution in [2.45, 2.75) is 16.0 Å². The van der Waals surface area contributed by atoms with Gasteiger partial charge in [0, 0.05) is 10.6 Å². The first kappa shape index (κ1) is 12.9. The summed E-state index contributed by atoms with van der Waals surface area (Å²) in [7, 11) is 0. The summed E-state index contributed by atoms with van der Waals surface area (Å²) in [5.74, 6) is 0.0953. The van der Waals surface area contributed by atoms with Gasteiger partial charge in [-0.15, -0.1) is 0 Å². The van der Waals surface area contributed by atoms with Crippen molar-refractivity contribution in [1.82, 2.24) is 4.98 Å². The fraction of sp³-hybridized carbons (Fsp3) is 0.167. The van der Waals surface area contributed by atoms with Crippen LogP contribution in [0.15, 0.2) is 39.6 Å². The van der Waals surface area contributed by atoms with E-state index in [2.05, 4.69) is 10.3 Å². The van der Waals surface area contributed by atoms with Crippen molar-refractivity contribution < 1.29 is 4.79 Å². The number of thiazole rings is 1. The first-order chi connectivity index (χ1) is 8.63. The molecule has 0 aliphatic carbocycles. The maximum atomic E-state index is 10.8. The number of ketones is 1. The SMILES string of the molecule is CC(=O)CNc1ncc(Sc2ccc(N)cc2)s1. The molecular weight excluding hydrogens is 266 g/mol. The second kappa shape index (κ2) is 5.88. The highest BCUT2D eigenvalue weighted by Gasteiger charge is 2.04. The van der Waals surface area contributed by atoms with Crippen LogP contribution in [0.2, 0.25) is 0 Å². The van der Waals surface area contributed by atoms with Crippen molar-refractivity contribution in [3.05, 3.63) is 30.5 Å². The highest BCUT2D eigenvalue weighted by molar-refractivity contribution is 8.01. The lowest BCUT2D eigenvalue weighted by atomic mass is 10.3. The summed E-state index contributed by atoms with van der Waals surface area (Å²) in [4.78, 5) is 16.2.